The van der Waals surface area contributed by atoms with Crippen molar-refractivity contribution >= 4 is 53.2 Å². The Balaban J connectivity index is 5.47. The van der Waals surface area contributed by atoms with Crippen LogP contribution in [0.4, 0.5) is 0 Å². The van der Waals surface area contributed by atoms with Crippen molar-refractivity contribution in [2.75, 3.05) is 12.0 Å². The molecule has 15 nitrogen and oxygen atoms in total. The summed E-state index contributed by atoms with van der Waals surface area (Å²) in [7, 11) is 0. The van der Waals surface area contributed by atoms with Crippen LogP contribution in [0.5, 0.6) is 0 Å². The highest BCUT2D eigenvalue weighted by molar-refractivity contribution is 7.98. The number of rotatable bonds is 17. The van der Waals surface area contributed by atoms with E-state index < -0.39 is 78.4 Å². The molecule has 0 radical (unpaired) electrons. The second-order valence-corrected chi connectivity index (χ2v) is 8.24. The van der Waals surface area contributed by atoms with Crippen LogP contribution in [0.1, 0.15) is 32.1 Å². The van der Waals surface area contributed by atoms with E-state index in [-0.39, 0.29) is 19.3 Å². The summed E-state index contributed by atoms with van der Waals surface area (Å²) in [4.78, 5) is 82.2. The third-order valence-corrected chi connectivity index (χ3v) is 4.98. The van der Waals surface area contributed by atoms with Crippen LogP contribution in [0.15, 0.2) is 0 Å². The Morgan fingerprint density at radius 3 is 1.68 bits per heavy atom. The van der Waals surface area contributed by atoms with Crippen molar-refractivity contribution in [3.05, 3.63) is 0 Å². The van der Waals surface area contributed by atoms with Crippen LogP contribution < -0.4 is 38.9 Å². The van der Waals surface area contributed by atoms with Crippen molar-refractivity contribution < 1.29 is 38.7 Å². The van der Waals surface area contributed by atoms with Gasteiger partial charge in [0.2, 0.25) is 35.4 Å². The van der Waals surface area contributed by atoms with Crippen molar-refractivity contribution in [3.8, 4) is 0 Å². The molecular formula is C18H31N7O8S. The fourth-order valence-electron chi connectivity index (χ4n) is 2.57. The molecule has 0 fully saturated rings. The average molecular weight is 506 g/mol. The third kappa shape index (κ3) is 12.6. The van der Waals surface area contributed by atoms with Crippen molar-refractivity contribution in [2.24, 2.45) is 22.9 Å². The summed E-state index contributed by atoms with van der Waals surface area (Å²) in [5.41, 5.74) is 20.8. The van der Waals surface area contributed by atoms with Gasteiger partial charge in [0.15, 0.2) is 0 Å². The molecule has 0 saturated heterocycles. The quantitative estimate of drug-likeness (QED) is 0.0939. The predicted octanol–water partition coefficient (Wildman–Crippen LogP) is -4.38. The number of nitrogens with one attached hydrogen (secondary N) is 3. The molecule has 12 N–H and O–H groups in total. The molecule has 4 atom stereocenters. The molecule has 34 heavy (non-hydrogen) atoms. The van der Waals surface area contributed by atoms with E-state index in [1.807, 2.05) is 5.32 Å². The maximum Gasteiger partial charge on any atom is 0.326 e. The smallest absolute Gasteiger partial charge is 0.326 e. The number of primary amides is 3. The maximum atomic E-state index is 12.8. The molecule has 0 rings (SSSR count). The van der Waals surface area contributed by atoms with Crippen molar-refractivity contribution in [3.63, 3.8) is 0 Å². The number of carbonyl (C=O) groups is 7. The monoisotopic (exact) mass is 505 g/mol. The first-order valence-electron chi connectivity index (χ1n) is 10.0. The third-order valence-electron chi connectivity index (χ3n) is 4.34. The van der Waals surface area contributed by atoms with Gasteiger partial charge >= 0.3 is 5.97 Å². The van der Waals surface area contributed by atoms with E-state index in [9.17, 15) is 33.6 Å². The van der Waals surface area contributed by atoms with E-state index in [4.69, 9.17) is 28.0 Å². The molecule has 4 unspecified atom stereocenters. The summed E-state index contributed by atoms with van der Waals surface area (Å²) < 4.78 is 0. The van der Waals surface area contributed by atoms with Crippen molar-refractivity contribution in [1.29, 1.82) is 0 Å². The predicted molar refractivity (Wildman–Crippen MR) is 120 cm³/mol. The number of thioether (sulfide) groups is 1. The van der Waals surface area contributed by atoms with Gasteiger partial charge in [-0.05, 0) is 24.9 Å². The number of amides is 6. The lowest BCUT2D eigenvalue weighted by atomic mass is 10.1. The van der Waals surface area contributed by atoms with E-state index in [2.05, 4.69) is 10.6 Å². The van der Waals surface area contributed by atoms with Gasteiger partial charge < -0.3 is 44.0 Å². The first-order valence-corrected chi connectivity index (χ1v) is 11.4. The van der Waals surface area contributed by atoms with E-state index in [1.165, 1.54) is 11.8 Å². The van der Waals surface area contributed by atoms with Gasteiger partial charge in [-0.3, -0.25) is 28.8 Å². The van der Waals surface area contributed by atoms with Crippen molar-refractivity contribution in [2.45, 2.75) is 56.3 Å². The molecule has 0 aliphatic rings. The minimum Gasteiger partial charge on any atom is -0.480 e. The molecular weight excluding hydrogens is 474 g/mol. The lowest BCUT2D eigenvalue weighted by Gasteiger charge is -2.24. The van der Waals surface area contributed by atoms with Crippen LogP contribution in [0.3, 0.4) is 0 Å². The van der Waals surface area contributed by atoms with Crippen molar-refractivity contribution in [1.82, 2.24) is 16.0 Å². The average Bonchev–Trinajstić information content (AvgIpc) is 2.72. The topological polar surface area (TPSA) is 280 Å². The number of carbonyl (C=O) groups excluding carboxylic acids is 6. The molecule has 0 aromatic rings. The van der Waals surface area contributed by atoms with Gasteiger partial charge in [0.05, 0.1) is 18.9 Å². The first kappa shape index (κ1) is 30.6. The number of carboxylic acids is 1. The zero-order valence-corrected chi connectivity index (χ0v) is 19.4. The Labute approximate surface area is 199 Å². The van der Waals surface area contributed by atoms with Crippen LogP contribution in [-0.4, -0.2) is 82.7 Å². The van der Waals surface area contributed by atoms with E-state index in [0.29, 0.717) is 5.75 Å². The molecule has 0 saturated carbocycles. The van der Waals surface area contributed by atoms with Gasteiger partial charge in [-0.1, -0.05) is 0 Å². The van der Waals surface area contributed by atoms with Crippen LogP contribution in [0.2, 0.25) is 0 Å². The van der Waals surface area contributed by atoms with Crippen LogP contribution in [0, 0.1) is 0 Å². The SMILES string of the molecule is CSCCC(NC(=O)C(N)CCC(N)=O)C(=O)NC(CC(N)=O)C(=O)NC(CC(N)=O)C(=O)O. The summed E-state index contributed by atoms with van der Waals surface area (Å²) in [5, 5.41) is 15.8. The maximum absolute atomic E-state index is 12.8. The summed E-state index contributed by atoms with van der Waals surface area (Å²) in [5.74, 6) is -6.51. The fraction of sp³-hybridized carbons (Fsp3) is 0.611. The molecule has 0 aromatic carbocycles. The van der Waals surface area contributed by atoms with Gasteiger partial charge in [-0.25, -0.2) is 4.79 Å². The molecule has 16 heteroatoms. The van der Waals surface area contributed by atoms with E-state index in [0.717, 1.165) is 0 Å². The highest BCUT2D eigenvalue weighted by Crippen LogP contribution is 2.05. The standard InChI is InChI=1S/C18H31N7O8S/c1-34-5-4-9(23-15(29)8(19)2-3-12(20)26)16(30)24-10(6-13(21)27)17(31)25-11(18(32)33)7-14(22)28/h8-11H,2-7,19H2,1H3,(H2,20,26)(H2,21,27)(H2,22,28)(H,23,29)(H,24,30)(H,25,31)(H,32,33). The summed E-state index contributed by atoms with van der Waals surface area (Å²) >= 11 is 1.36. The Hall–Kier alpha value is -3.40. The Bertz CT molecular complexity index is 794. The number of nitrogens with two attached hydrogens (primary N) is 4. The first-order chi connectivity index (χ1) is 15.8. The van der Waals surface area contributed by atoms with Crippen LogP contribution >= 0.6 is 11.8 Å². The number of hydrogen-bond donors (Lipinski definition) is 8. The van der Waals surface area contributed by atoms with Gasteiger partial charge in [0.25, 0.3) is 0 Å². The number of carboxylic acid groups (broad SMARTS) is 1. The highest BCUT2D eigenvalue weighted by atomic mass is 32.2. The van der Waals surface area contributed by atoms with Crippen LogP contribution in [-0.2, 0) is 33.6 Å². The Kier molecular flexibility index (Phi) is 13.9. The van der Waals surface area contributed by atoms with Gasteiger partial charge in [0, 0.05) is 6.42 Å². The normalized spacial score (nSPS) is 14.1. The molecule has 0 aromatic heterocycles. The lowest BCUT2D eigenvalue weighted by molar-refractivity contribution is -0.144. The summed E-state index contributed by atoms with van der Waals surface area (Å²) in [6.07, 6.45) is 0.249. The molecule has 6 amide bonds. The summed E-state index contributed by atoms with van der Waals surface area (Å²) in [6, 6.07) is -5.61. The molecule has 0 heterocycles. The molecule has 0 aliphatic heterocycles. The second kappa shape index (κ2) is 15.4. The van der Waals surface area contributed by atoms with Gasteiger partial charge in [0.1, 0.15) is 18.1 Å². The Morgan fingerprint density at radius 2 is 1.21 bits per heavy atom. The summed E-state index contributed by atoms with van der Waals surface area (Å²) in [6.45, 7) is 0. The fourth-order valence-corrected chi connectivity index (χ4v) is 3.04. The number of hydrogen-bond acceptors (Lipinski definition) is 9. The van der Waals surface area contributed by atoms with E-state index >= 15 is 0 Å². The molecule has 192 valence electrons. The van der Waals surface area contributed by atoms with Gasteiger partial charge in [-0.2, -0.15) is 11.8 Å². The Morgan fingerprint density at radius 1 is 0.735 bits per heavy atom. The number of aliphatic carboxylic acids is 1. The zero-order chi connectivity index (χ0) is 26.4. The highest BCUT2D eigenvalue weighted by Gasteiger charge is 2.31. The van der Waals surface area contributed by atoms with E-state index in [1.54, 1.807) is 6.26 Å². The van der Waals surface area contributed by atoms with Crippen LogP contribution in [0.25, 0.3) is 0 Å². The minimum absolute atomic E-state index is 0.0544. The van der Waals surface area contributed by atoms with Gasteiger partial charge in [-0.15, -0.1) is 0 Å². The largest absolute Gasteiger partial charge is 0.480 e. The molecule has 0 aliphatic carbocycles. The molecule has 0 spiro atoms. The lowest BCUT2D eigenvalue weighted by Crippen LogP contribution is -2.58. The molecule has 0 bridgehead atoms. The zero-order valence-electron chi connectivity index (χ0n) is 18.6. The second-order valence-electron chi connectivity index (χ2n) is 7.26. The minimum atomic E-state index is -1.70.